The topological polar surface area (TPSA) is 224 Å². The lowest BCUT2D eigenvalue weighted by Gasteiger charge is -2.62. The van der Waals surface area contributed by atoms with Crippen LogP contribution in [0.25, 0.3) is 0 Å². The predicted octanol–water partition coefficient (Wildman–Crippen LogP) is 10.2. The van der Waals surface area contributed by atoms with Crippen molar-refractivity contribution in [2.24, 2.45) is 105 Å². The number of amides is 2. The van der Waals surface area contributed by atoms with Gasteiger partial charge >= 0.3 is 0 Å². The smallest absolute Gasteiger partial charge is 0.266 e. The van der Waals surface area contributed by atoms with Crippen LogP contribution in [0.1, 0.15) is 208 Å². The lowest BCUT2D eigenvalue weighted by Crippen LogP contribution is -2.58. The van der Waals surface area contributed by atoms with Crippen molar-refractivity contribution in [2.45, 2.75) is 221 Å². The van der Waals surface area contributed by atoms with Gasteiger partial charge in [-0.25, -0.2) is 0 Å². The van der Waals surface area contributed by atoms with E-state index in [2.05, 4.69) is 41.5 Å². The highest BCUT2D eigenvalue weighted by molar-refractivity contribution is 7.86. The first-order valence-electron chi connectivity index (χ1n) is 31.5. The molecule has 20 atom stereocenters. The number of rotatable bonds is 6. The minimum absolute atomic E-state index is 0.0128. The van der Waals surface area contributed by atoms with E-state index in [4.69, 9.17) is 0 Å². The van der Waals surface area contributed by atoms with Crippen LogP contribution in [0.4, 0.5) is 0 Å². The van der Waals surface area contributed by atoms with Gasteiger partial charge in [0.05, 0.1) is 30.1 Å². The third-order valence-electron chi connectivity index (χ3n) is 25.4. The molecule has 0 aromatic rings. The zero-order valence-corrected chi connectivity index (χ0v) is 50.3. The maximum absolute atomic E-state index is 13.9. The molecule has 13 bridgehead atoms. The molecule has 4 aliphatic heterocycles. The molecule has 2 unspecified atom stereocenters. The standard InChI is InChI=1S/C62H102N2O12S2/c1-39-10-8-26-63(28-30-77(71,72)73)55(69)12-7-13-56(70)64(29-31-78(74,75)76)27-9-11-40(2)48-15-17-50-58-52(21-25-62(48,50)6)60(4)23-19-42(33-44(60)37-54(58)68)35-46(66)38-45(65)34-41-18-22-59(3)43(32-41)36-53(67)57-49-16-14-47(39)61(49,5)24-20-51(57)59/h39-44,47-54,57-58,67-68H,7-38H2,1-6H3,(H,71,72,73)(H,74,75,76)/t39-,40+,41-,42-,43?,44?,47-,48-,49+,50+,51+,52+,53+,54+,57+,58+,59+,60+,61-,62-/m1/s1. The Bertz CT molecular complexity index is 2260. The average Bonchev–Trinajstić information content (AvgIpc) is 4.00. The number of ketones is 2. The summed E-state index contributed by atoms with van der Waals surface area (Å²) < 4.78 is 67.2. The molecule has 0 aromatic heterocycles. The van der Waals surface area contributed by atoms with Gasteiger partial charge in [0.2, 0.25) is 11.8 Å². The lowest BCUT2D eigenvalue weighted by molar-refractivity contribution is -0.170. The first-order chi connectivity index (χ1) is 36.6. The van der Waals surface area contributed by atoms with Crippen molar-refractivity contribution in [2.75, 3.05) is 37.7 Å². The summed E-state index contributed by atoms with van der Waals surface area (Å²) in [6, 6.07) is 0. The summed E-state index contributed by atoms with van der Waals surface area (Å²) in [5.41, 5.74) is 0.324. The van der Waals surface area contributed by atoms with Gasteiger partial charge < -0.3 is 20.0 Å². The lowest BCUT2D eigenvalue weighted by atomic mass is 9.43. The van der Waals surface area contributed by atoms with Crippen LogP contribution >= 0.6 is 0 Å². The van der Waals surface area contributed by atoms with Crippen molar-refractivity contribution >= 4 is 43.6 Å². The van der Waals surface area contributed by atoms with Crippen LogP contribution in [-0.2, 0) is 39.4 Å². The molecule has 444 valence electrons. The Morgan fingerprint density at radius 1 is 0.474 bits per heavy atom. The molecule has 8 aliphatic carbocycles. The SMILES string of the molecule is C[C@@H]1CCCN(CCS(=O)(=O)O)C(=O)CCCC(=O)N(CCS(=O)(=O)O)CCC[C@H](C)[C@H]2CC[C@H]3[C@@H]4[C@@H](O)CC5C[C@@H](CC[C@]5(C)[C@H]4CC[C@]23C)CC(=O)CC(=O)C[C@@H]2CC[C@@]3(C)C(C2)C[C@H](O)[C@H]2[C@@H]4CC[C@H]1[C@@]4(C)CC[C@@H]23. The molecular formula is C62H102N2O12S2. The molecule has 2 amide bonds. The number of aliphatic hydroxyl groups is 2. The van der Waals surface area contributed by atoms with E-state index in [1.165, 1.54) is 9.80 Å². The van der Waals surface area contributed by atoms with Gasteiger partial charge in [-0.05, 0) is 239 Å². The van der Waals surface area contributed by atoms with Crippen molar-refractivity contribution in [1.82, 2.24) is 9.80 Å². The minimum atomic E-state index is -4.35. The van der Waals surface area contributed by atoms with Crippen LogP contribution in [0.3, 0.4) is 0 Å². The second-order valence-corrected chi connectivity index (χ2v) is 32.6. The van der Waals surface area contributed by atoms with E-state index in [1.54, 1.807) is 0 Å². The predicted molar refractivity (Wildman–Crippen MR) is 301 cm³/mol. The summed E-state index contributed by atoms with van der Waals surface area (Å²) >= 11 is 0. The van der Waals surface area contributed by atoms with E-state index < -0.39 is 43.9 Å². The normalized spacial score (nSPS) is 45.8. The Balaban J connectivity index is 0.910. The van der Waals surface area contributed by atoms with Gasteiger partial charge in [-0.1, -0.05) is 41.5 Å². The molecule has 16 heteroatoms. The van der Waals surface area contributed by atoms with Gasteiger partial charge in [0.15, 0.2) is 0 Å². The third-order valence-corrected chi connectivity index (χ3v) is 26.8. The van der Waals surface area contributed by atoms with E-state index in [9.17, 15) is 55.3 Å². The highest BCUT2D eigenvalue weighted by atomic mass is 32.2. The summed E-state index contributed by atoms with van der Waals surface area (Å²) in [4.78, 5) is 58.3. The molecule has 8 saturated carbocycles. The third kappa shape index (κ3) is 12.5. The Kier molecular flexibility index (Phi) is 18.3. The Hall–Kier alpha value is -1.98. The molecule has 12 rings (SSSR count). The second kappa shape index (κ2) is 23.6. The number of carbonyl (C=O) groups excluding carboxylic acids is 4. The maximum atomic E-state index is 13.9. The van der Waals surface area contributed by atoms with Crippen LogP contribution in [0, 0.1) is 105 Å². The van der Waals surface area contributed by atoms with Crippen LogP contribution in [0.5, 0.6) is 0 Å². The van der Waals surface area contributed by atoms with Gasteiger partial charge in [0, 0.05) is 51.9 Å². The number of hydrogen-bond acceptors (Lipinski definition) is 10. The highest BCUT2D eigenvalue weighted by Crippen LogP contribution is 2.71. The summed E-state index contributed by atoms with van der Waals surface area (Å²) in [7, 11) is -8.70. The van der Waals surface area contributed by atoms with Gasteiger partial charge in [-0.2, -0.15) is 16.8 Å². The first kappa shape index (κ1) is 60.6. The number of carbonyl (C=O) groups is 4. The Labute approximate surface area is 469 Å². The molecule has 0 spiro atoms. The van der Waals surface area contributed by atoms with E-state index in [0.717, 1.165) is 116 Å². The average molecular weight is 1130 g/mol. The van der Waals surface area contributed by atoms with Crippen molar-refractivity contribution in [1.29, 1.82) is 0 Å². The maximum Gasteiger partial charge on any atom is 0.266 e. The van der Waals surface area contributed by atoms with Gasteiger partial charge in [-0.15, -0.1) is 0 Å². The molecule has 4 heterocycles. The van der Waals surface area contributed by atoms with Crippen molar-refractivity contribution in [3.63, 3.8) is 0 Å². The number of aliphatic hydroxyl groups excluding tert-OH is 2. The molecule has 12 fully saturated rings. The zero-order chi connectivity index (χ0) is 56.3. The number of Topliss-reactive ketones (excluding diaryl/α,β-unsaturated/α-hetero) is 2. The minimum Gasteiger partial charge on any atom is -0.393 e. The fraction of sp³-hybridized carbons (Fsp3) is 0.935. The monoisotopic (exact) mass is 1130 g/mol. The van der Waals surface area contributed by atoms with E-state index in [1.807, 2.05) is 0 Å². The largest absolute Gasteiger partial charge is 0.393 e. The second-order valence-electron chi connectivity index (χ2n) is 29.4. The molecule has 4 saturated heterocycles. The van der Waals surface area contributed by atoms with E-state index in [-0.39, 0.29) is 107 Å². The molecule has 12 aliphatic rings. The summed E-state index contributed by atoms with van der Waals surface area (Å²) in [6.07, 6.45) is 19.4. The van der Waals surface area contributed by atoms with Crippen molar-refractivity contribution < 1.29 is 55.3 Å². The summed E-state index contributed by atoms with van der Waals surface area (Å²) in [5, 5.41) is 24.4. The van der Waals surface area contributed by atoms with Crippen molar-refractivity contribution in [3.05, 3.63) is 0 Å². The van der Waals surface area contributed by atoms with E-state index in [0.29, 0.717) is 98.0 Å². The number of fused-ring (bicyclic) bond motifs is 2. The van der Waals surface area contributed by atoms with Gasteiger partial charge in [0.25, 0.3) is 20.2 Å². The summed E-state index contributed by atoms with van der Waals surface area (Å²) in [6.45, 7) is 14.8. The van der Waals surface area contributed by atoms with Crippen molar-refractivity contribution in [3.8, 4) is 0 Å². The number of hydrogen-bond donors (Lipinski definition) is 4. The zero-order valence-electron chi connectivity index (χ0n) is 48.6. The molecule has 14 nitrogen and oxygen atoms in total. The molecule has 78 heavy (non-hydrogen) atoms. The fourth-order valence-corrected chi connectivity index (χ4v) is 22.3. The number of nitrogens with zero attached hydrogens (tertiary/aromatic N) is 2. The van der Waals surface area contributed by atoms with Gasteiger partial charge in [-0.3, -0.25) is 28.3 Å². The molecule has 4 N–H and O–H groups in total. The Morgan fingerprint density at radius 2 is 0.833 bits per heavy atom. The highest BCUT2D eigenvalue weighted by Gasteiger charge is 2.65. The van der Waals surface area contributed by atoms with Gasteiger partial charge in [0.1, 0.15) is 11.6 Å². The molecule has 0 aromatic carbocycles. The molecular weight excluding hydrogens is 1030 g/mol. The van der Waals surface area contributed by atoms with Crippen LogP contribution in [0.15, 0.2) is 0 Å². The van der Waals surface area contributed by atoms with Crippen LogP contribution in [-0.4, -0.2) is 119 Å². The van der Waals surface area contributed by atoms with Crippen LogP contribution < -0.4 is 0 Å². The first-order valence-corrected chi connectivity index (χ1v) is 34.7. The van der Waals surface area contributed by atoms with Crippen LogP contribution in [0.2, 0.25) is 0 Å². The molecule has 0 radical (unpaired) electrons. The summed E-state index contributed by atoms with van der Waals surface area (Å²) in [5.74, 6) is 3.20. The fourth-order valence-electron chi connectivity index (χ4n) is 21.4. The quantitative estimate of drug-likeness (QED) is 0.144. The Morgan fingerprint density at radius 3 is 1.22 bits per heavy atom. The van der Waals surface area contributed by atoms with E-state index >= 15 is 0 Å².